The van der Waals surface area contributed by atoms with Crippen molar-refractivity contribution >= 4 is 28.8 Å². The molecular formula is C30H33N3O3S. The standard InChI is InChI=1S/C30H33N3O3S/c1-30(2,3)36-29(35)32-15-6-7-26-25(19-32)24-13-10-22(18-27(24)31(26)4)33-16-14-21(17-28(33)34)20-8-11-23(37-5)12-9-20/h8-14,16-18H,6-7,15,19H2,1-5H3. The Labute approximate surface area is 221 Å². The van der Waals surface area contributed by atoms with Crippen molar-refractivity contribution in [2.75, 3.05) is 12.8 Å². The summed E-state index contributed by atoms with van der Waals surface area (Å²) in [6.07, 6.45) is 5.39. The van der Waals surface area contributed by atoms with Crippen molar-refractivity contribution in [1.82, 2.24) is 14.0 Å². The van der Waals surface area contributed by atoms with E-state index >= 15 is 0 Å². The summed E-state index contributed by atoms with van der Waals surface area (Å²) in [5, 5.41) is 1.11. The van der Waals surface area contributed by atoms with Crippen LogP contribution in [0.15, 0.2) is 70.5 Å². The molecule has 4 aromatic rings. The predicted octanol–water partition coefficient (Wildman–Crippen LogP) is 6.40. The van der Waals surface area contributed by atoms with Gasteiger partial charge in [-0.3, -0.25) is 9.36 Å². The average molecular weight is 516 g/mol. The second-order valence-corrected chi connectivity index (χ2v) is 11.4. The molecule has 2 aromatic heterocycles. The lowest BCUT2D eigenvalue weighted by Gasteiger charge is -2.26. The fourth-order valence-corrected chi connectivity index (χ4v) is 5.45. The van der Waals surface area contributed by atoms with Crippen LogP contribution in [0.3, 0.4) is 0 Å². The number of carbonyl (C=O) groups excluding carboxylic acids is 1. The maximum absolute atomic E-state index is 13.1. The van der Waals surface area contributed by atoms with E-state index in [1.165, 1.54) is 10.6 Å². The van der Waals surface area contributed by atoms with Crippen molar-refractivity contribution < 1.29 is 9.53 Å². The first-order valence-corrected chi connectivity index (χ1v) is 13.8. The van der Waals surface area contributed by atoms with Crippen molar-refractivity contribution in [3.63, 3.8) is 0 Å². The van der Waals surface area contributed by atoms with Gasteiger partial charge in [-0.15, -0.1) is 11.8 Å². The van der Waals surface area contributed by atoms with E-state index in [2.05, 4.69) is 54.3 Å². The summed E-state index contributed by atoms with van der Waals surface area (Å²) in [7, 11) is 2.07. The Balaban J connectivity index is 1.48. The van der Waals surface area contributed by atoms with Crippen molar-refractivity contribution in [3.8, 4) is 16.8 Å². The summed E-state index contributed by atoms with van der Waals surface area (Å²) < 4.78 is 9.54. The second kappa shape index (κ2) is 9.78. The fraction of sp³-hybridized carbons (Fsp3) is 0.333. The molecule has 5 rings (SSSR count). The van der Waals surface area contributed by atoms with E-state index in [1.54, 1.807) is 27.3 Å². The molecule has 3 heterocycles. The van der Waals surface area contributed by atoms with Crippen molar-refractivity contribution in [3.05, 3.63) is 82.4 Å². The van der Waals surface area contributed by atoms with Gasteiger partial charge in [-0.2, -0.15) is 0 Å². The van der Waals surface area contributed by atoms with E-state index in [4.69, 9.17) is 4.74 Å². The topological polar surface area (TPSA) is 56.5 Å². The number of nitrogens with zero attached hydrogens (tertiary/aromatic N) is 3. The number of hydrogen-bond donors (Lipinski definition) is 0. The van der Waals surface area contributed by atoms with Gasteiger partial charge in [-0.1, -0.05) is 18.2 Å². The number of ether oxygens (including phenoxy) is 1. The quantitative estimate of drug-likeness (QED) is 0.296. The van der Waals surface area contributed by atoms with Gasteiger partial charge >= 0.3 is 6.09 Å². The SMILES string of the molecule is CSc1ccc(-c2ccn(-c3ccc4c5c(n(C)c4c3)CCCN(C(=O)OC(C)(C)C)C5)c(=O)c2)cc1. The molecule has 0 saturated carbocycles. The number of aryl methyl sites for hydroxylation is 1. The largest absolute Gasteiger partial charge is 0.444 e. The van der Waals surface area contributed by atoms with E-state index in [9.17, 15) is 9.59 Å². The Hall–Kier alpha value is -3.45. The third-order valence-corrected chi connectivity index (χ3v) is 7.63. The molecule has 0 saturated heterocycles. The molecule has 0 atom stereocenters. The first kappa shape index (κ1) is 25.2. The third-order valence-electron chi connectivity index (χ3n) is 6.88. The minimum absolute atomic E-state index is 0.0716. The number of benzene rings is 2. The molecule has 0 N–H and O–H groups in total. The van der Waals surface area contributed by atoms with Crippen LogP contribution in [0.1, 0.15) is 38.4 Å². The highest BCUT2D eigenvalue weighted by molar-refractivity contribution is 7.98. The summed E-state index contributed by atoms with van der Waals surface area (Å²) in [4.78, 5) is 28.9. The molecule has 1 aliphatic rings. The third kappa shape index (κ3) is 5.05. The Morgan fingerprint density at radius 3 is 2.43 bits per heavy atom. The molecule has 0 radical (unpaired) electrons. The van der Waals surface area contributed by atoms with Crippen molar-refractivity contribution in [1.29, 1.82) is 0 Å². The number of rotatable bonds is 3. The molecule has 7 heteroatoms. The first-order valence-electron chi connectivity index (χ1n) is 12.6. The van der Waals surface area contributed by atoms with Crippen LogP contribution in [0.25, 0.3) is 27.7 Å². The van der Waals surface area contributed by atoms with Gasteiger partial charge in [-0.05, 0) is 81.3 Å². The summed E-state index contributed by atoms with van der Waals surface area (Å²) in [6.45, 7) is 6.87. The van der Waals surface area contributed by atoms with Gasteiger partial charge in [0.1, 0.15) is 5.60 Å². The first-order chi connectivity index (χ1) is 17.6. The lowest BCUT2D eigenvalue weighted by Crippen LogP contribution is -2.36. The Morgan fingerprint density at radius 1 is 1.00 bits per heavy atom. The molecule has 2 aromatic carbocycles. The van der Waals surface area contributed by atoms with Gasteiger partial charge in [0.2, 0.25) is 0 Å². The van der Waals surface area contributed by atoms with E-state index in [1.807, 2.05) is 39.1 Å². The summed E-state index contributed by atoms with van der Waals surface area (Å²) in [5.74, 6) is 0. The summed E-state index contributed by atoms with van der Waals surface area (Å²) in [6, 6.07) is 18.0. The van der Waals surface area contributed by atoms with E-state index in [0.29, 0.717) is 13.1 Å². The fourth-order valence-electron chi connectivity index (χ4n) is 5.05. The van der Waals surface area contributed by atoms with Gasteiger partial charge in [0, 0.05) is 47.4 Å². The number of aromatic nitrogens is 2. The number of fused-ring (bicyclic) bond motifs is 3. The van der Waals surface area contributed by atoms with Crippen LogP contribution < -0.4 is 5.56 Å². The van der Waals surface area contributed by atoms with Crippen LogP contribution in [0, 0.1) is 0 Å². The summed E-state index contributed by atoms with van der Waals surface area (Å²) in [5.41, 5.74) is 5.59. The predicted molar refractivity (Wildman–Crippen MR) is 151 cm³/mol. The van der Waals surface area contributed by atoms with Crippen LogP contribution in [0.2, 0.25) is 0 Å². The number of pyridine rings is 1. The maximum Gasteiger partial charge on any atom is 0.410 e. The minimum Gasteiger partial charge on any atom is -0.444 e. The van der Waals surface area contributed by atoms with Crippen LogP contribution in [0.5, 0.6) is 0 Å². The zero-order valence-corrected chi connectivity index (χ0v) is 22.9. The maximum atomic E-state index is 13.1. The molecule has 1 aliphatic heterocycles. The summed E-state index contributed by atoms with van der Waals surface area (Å²) >= 11 is 1.70. The zero-order chi connectivity index (χ0) is 26.3. The molecule has 1 amide bonds. The van der Waals surface area contributed by atoms with Gasteiger partial charge < -0.3 is 14.2 Å². The molecular weight excluding hydrogens is 482 g/mol. The number of carbonyl (C=O) groups is 1. The van der Waals surface area contributed by atoms with Gasteiger partial charge in [0.25, 0.3) is 5.56 Å². The molecule has 0 bridgehead atoms. The molecule has 0 spiro atoms. The van der Waals surface area contributed by atoms with E-state index < -0.39 is 5.60 Å². The number of hydrogen-bond acceptors (Lipinski definition) is 4. The smallest absolute Gasteiger partial charge is 0.410 e. The van der Waals surface area contributed by atoms with Crippen LogP contribution in [-0.2, 0) is 24.8 Å². The normalized spacial score (nSPS) is 13.9. The lowest BCUT2D eigenvalue weighted by molar-refractivity contribution is 0.0237. The van der Waals surface area contributed by atoms with Crippen molar-refractivity contribution in [2.24, 2.45) is 7.05 Å². The zero-order valence-electron chi connectivity index (χ0n) is 22.1. The molecule has 0 fully saturated rings. The Kier molecular flexibility index (Phi) is 6.67. The van der Waals surface area contributed by atoms with E-state index in [0.717, 1.165) is 46.1 Å². The Morgan fingerprint density at radius 2 is 1.76 bits per heavy atom. The Bertz CT molecular complexity index is 1530. The van der Waals surface area contributed by atoms with Crippen LogP contribution in [0.4, 0.5) is 4.79 Å². The van der Waals surface area contributed by atoms with Crippen LogP contribution >= 0.6 is 11.8 Å². The molecule has 6 nitrogen and oxygen atoms in total. The van der Waals surface area contributed by atoms with E-state index in [-0.39, 0.29) is 11.7 Å². The minimum atomic E-state index is -0.527. The lowest BCUT2D eigenvalue weighted by atomic mass is 10.1. The number of thioether (sulfide) groups is 1. The second-order valence-electron chi connectivity index (χ2n) is 10.5. The molecule has 37 heavy (non-hydrogen) atoms. The highest BCUT2D eigenvalue weighted by Crippen LogP contribution is 2.32. The molecule has 0 aliphatic carbocycles. The monoisotopic (exact) mass is 515 g/mol. The van der Waals surface area contributed by atoms with Gasteiger partial charge in [-0.25, -0.2) is 4.79 Å². The molecule has 0 unspecified atom stereocenters. The van der Waals surface area contributed by atoms with Crippen molar-refractivity contribution in [2.45, 2.75) is 50.7 Å². The van der Waals surface area contributed by atoms with Gasteiger partial charge in [0.15, 0.2) is 0 Å². The van der Waals surface area contributed by atoms with Crippen LogP contribution in [-0.4, -0.2) is 38.5 Å². The highest BCUT2D eigenvalue weighted by Gasteiger charge is 2.27. The van der Waals surface area contributed by atoms with Gasteiger partial charge in [0.05, 0.1) is 17.7 Å². The number of amides is 1. The average Bonchev–Trinajstić information content (AvgIpc) is 3.00. The molecule has 192 valence electrons. The highest BCUT2D eigenvalue weighted by atomic mass is 32.2.